The first-order valence-electron chi connectivity index (χ1n) is 8.91. The first-order valence-corrected chi connectivity index (χ1v) is 9.68. The van der Waals surface area contributed by atoms with E-state index in [-0.39, 0.29) is 11.6 Å². The molecule has 2 aromatic heterocycles. The Kier molecular flexibility index (Phi) is 5.06. The molecule has 0 atom stereocenters. The van der Waals surface area contributed by atoms with Crippen LogP contribution in [0.5, 0.6) is 5.88 Å². The van der Waals surface area contributed by atoms with Gasteiger partial charge in [-0.2, -0.15) is 4.07 Å². The number of piperidine rings is 1. The van der Waals surface area contributed by atoms with Crippen molar-refractivity contribution in [1.82, 2.24) is 14.3 Å². The third kappa shape index (κ3) is 3.95. The maximum absolute atomic E-state index is 12.3. The molecule has 1 N–H and O–H groups in total. The third-order valence-corrected chi connectivity index (χ3v) is 5.67. The number of methoxy groups -OCH3 is 1. The minimum atomic E-state index is -0.0118. The van der Waals surface area contributed by atoms with Crippen LogP contribution in [0.2, 0.25) is 0 Å². The predicted molar refractivity (Wildman–Crippen MR) is 107 cm³/mol. The van der Waals surface area contributed by atoms with Crippen molar-refractivity contribution < 1.29 is 4.74 Å². The van der Waals surface area contributed by atoms with Crippen molar-refractivity contribution >= 4 is 17.4 Å². The van der Waals surface area contributed by atoms with Gasteiger partial charge in [0.2, 0.25) is 5.88 Å². The lowest BCUT2D eigenvalue weighted by Crippen LogP contribution is -2.43. The fourth-order valence-electron chi connectivity index (χ4n) is 3.16. The van der Waals surface area contributed by atoms with Crippen molar-refractivity contribution in [1.29, 1.82) is 0 Å². The molecule has 8 heteroatoms. The largest absolute Gasteiger partial charge is 0.480 e. The summed E-state index contributed by atoms with van der Waals surface area (Å²) in [6.45, 7) is 1.73. The molecule has 1 aromatic carbocycles. The normalized spacial score (nSPS) is 14.9. The van der Waals surface area contributed by atoms with Crippen LogP contribution in [-0.2, 0) is 0 Å². The van der Waals surface area contributed by atoms with E-state index in [9.17, 15) is 4.79 Å². The van der Waals surface area contributed by atoms with Crippen LogP contribution in [0.15, 0.2) is 53.3 Å². The zero-order chi connectivity index (χ0) is 18.6. The van der Waals surface area contributed by atoms with Gasteiger partial charge >= 0.3 is 0 Å². The highest BCUT2D eigenvalue weighted by Crippen LogP contribution is 2.23. The van der Waals surface area contributed by atoms with Gasteiger partial charge in [0.1, 0.15) is 0 Å². The molecule has 0 radical (unpaired) electrons. The second kappa shape index (κ2) is 7.79. The lowest BCUT2D eigenvalue weighted by atomic mass is 10.1. The SMILES string of the molecule is COc1ccc(N2CCC(Nn3sc(-c4ccccc4)cc3=O)CC2)nn1. The Morgan fingerprint density at radius 2 is 1.89 bits per heavy atom. The summed E-state index contributed by atoms with van der Waals surface area (Å²) in [5, 5.41) is 8.24. The molecule has 3 aromatic rings. The summed E-state index contributed by atoms with van der Waals surface area (Å²) in [5.74, 6) is 1.37. The summed E-state index contributed by atoms with van der Waals surface area (Å²) in [7, 11) is 1.58. The van der Waals surface area contributed by atoms with E-state index in [1.165, 1.54) is 11.5 Å². The molecule has 140 valence electrons. The van der Waals surface area contributed by atoms with Crippen LogP contribution >= 0.6 is 11.5 Å². The Morgan fingerprint density at radius 1 is 1.11 bits per heavy atom. The number of nitrogens with one attached hydrogen (secondary N) is 1. The Labute approximate surface area is 161 Å². The molecule has 7 nitrogen and oxygen atoms in total. The Balaban J connectivity index is 1.38. The maximum atomic E-state index is 12.3. The Bertz CT molecular complexity index is 931. The predicted octanol–water partition coefficient (Wildman–Crippen LogP) is 2.59. The molecular weight excluding hydrogens is 362 g/mol. The van der Waals surface area contributed by atoms with Crippen molar-refractivity contribution in [2.45, 2.75) is 18.9 Å². The summed E-state index contributed by atoms with van der Waals surface area (Å²) >= 11 is 1.45. The fraction of sp³-hybridized carbons (Fsp3) is 0.316. The van der Waals surface area contributed by atoms with E-state index in [2.05, 4.69) is 20.5 Å². The zero-order valence-electron chi connectivity index (χ0n) is 15.0. The van der Waals surface area contributed by atoms with Crippen LogP contribution in [0.1, 0.15) is 12.8 Å². The number of hydrogen-bond donors (Lipinski definition) is 1. The van der Waals surface area contributed by atoms with Gasteiger partial charge in [0.15, 0.2) is 5.82 Å². The van der Waals surface area contributed by atoms with Gasteiger partial charge in [-0.15, -0.1) is 10.2 Å². The van der Waals surface area contributed by atoms with E-state index in [1.54, 1.807) is 17.2 Å². The van der Waals surface area contributed by atoms with E-state index in [4.69, 9.17) is 4.74 Å². The second-order valence-electron chi connectivity index (χ2n) is 6.42. The monoisotopic (exact) mass is 383 g/mol. The van der Waals surface area contributed by atoms with E-state index in [1.807, 2.05) is 42.5 Å². The number of rotatable bonds is 5. The fourth-order valence-corrected chi connectivity index (χ4v) is 4.10. The maximum Gasteiger partial charge on any atom is 0.280 e. The van der Waals surface area contributed by atoms with E-state index in [0.717, 1.165) is 42.2 Å². The highest BCUT2D eigenvalue weighted by Gasteiger charge is 2.21. The molecule has 0 aliphatic carbocycles. The van der Waals surface area contributed by atoms with Gasteiger partial charge in [0, 0.05) is 31.3 Å². The molecule has 0 amide bonds. The summed E-state index contributed by atoms with van der Waals surface area (Å²) in [6.07, 6.45) is 1.86. The zero-order valence-corrected chi connectivity index (χ0v) is 15.9. The molecule has 1 aliphatic rings. The van der Waals surface area contributed by atoms with Crippen molar-refractivity contribution in [2.24, 2.45) is 0 Å². The molecule has 4 rings (SSSR count). The lowest BCUT2D eigenvalue weighted by Gasteiger charge is -2.33. The van der Waals surface area contributed by atoms with Crippen molar-refractivity contribution in [2.75, 3.05) is 30.5 Å². The first-order chi connectivity index (χ1) is 13.2. The minimum Gasteiger partial charge on any atom is -0.480 e. The van der Waals surface area contributed by atoms with Gasteiger partial charge < -0.3 is 15.1 Å². The number of benzene rings is 1. The smallest absolute Gasteiger partial charge is 0.280 e. The van der Waals surface area contributed by atoms with Gasteiger partial charge in [-0.1, -0.05) is 30.3 Å². The summed E-state index contributed by atoms with van der Waals surface area (Å²) in [4.78, 5) is 15.5. The molecule has 1 saturated heterocycles. The van der Waals surface area contributed by atoms with Gasteiger partial charge in [-0.05, 0) is 36.0 Å². The molecule has 3 heterocycles. The van der Waals surface area contributed by atoms with Gasteiger partial charge in [0.25, 0.3) is 5.56 Å². The standard InChI is InChI=1S/C19H21N5O2S/c1-26-18-8-7-17(20-21-18)23-11-9-15(10-12-23)22-24-19(25)13-16(27-24)14-5-3-2-4-6-14/h2-8,13,15,22H,9-12H2,1H3. The van der Waals surface area contributed by atoms with Crippen LogP contribution in [0.25, 0.3) is 10.4 Å². The number of nitrogens with zero attached hydrogens (tertiary/aromatic N) is 4. The Morgan fingerprint density at radius 3 is 2.56 bits per heavy atom. The van der Waals surface area contributed by atoms with E-state index < -0.39 is 0 Å². The molecule has 27 heavy (non-hydrogen) atoms. The number of anilines is 1. The highest BCUT2D eigenvalue weighted by atomic mass is 32.1. The van der Waals surface area contributed by atoms with E-state index in [0.29, 0.717) is 5.88 Å². The van der Waals surface area contributed by atoms with Crippen LogP contribution in [0, 0.1) is 0 Å². The molecule has 0 bridgehead atoms. The topological polar surface area (TPSA) is 72.3 Å². The molecule has 1 aliphatic heterocycles. The van der Waals surface area contributed by atoms with Crippen LogP contribution < -0.4 is 20.6 Å². The second-order valence-corrected chi connectivity index (χ2v) is 7.41. The number of ether oxygens (including phenoxy) is 1. The van der Waals surface area contributed by atoms with Crippen molar-refractivity contribution in [3.05, 3.63) is 58.9 Å². The summed E-state index contributed by atoms with van der Waals surface area (Å²) in [5.41, 5.74) is 4.42. The van der Waals surface area contributed by atoms with Crippen molar-refractivity contribution in [3.63, 3.8) is 0 Å². The molecular formula is C19H21N5O2S. The van der Waals surface area contributed by atoms with Gasteiger partial charge in [-0.3, -0.25) is 4.79 Å². The lowest BCUT2D eigenvalue weighted by molar-refractivity contribution is 0.391. The third-order valence-electron chi connectivity index (χ3n) is 4.66. The minimum absolute atomic E-state index is 0.0118. The average molecular weight is 383 g/mol. The molecule has 0 saturated carbocycles. The number of hydrogen-bond acceptors (Lipinski definition) is 7. The number of aromatic nitrogens is 3. The van der Waals surface area contributed by atoms with Gasteiger partial charge in [-0.25, -0.2) is 0 Å². The highest BCUT2D eigenvalue weighted by molar-refractivity contribution is 7.10. The average Bonchev–Trinajstić information content (AvgIpc) is 3.10. The van der Waals surface area contributed by atoms with E-state index >= 15 is 0 Å². The quantitative estimate of drug-likeness (QED) is 0.730. The van der Waals surface area contributed by atoms with Crippen LogP contribution in [0.4, 0.5) is 5.82 Å². The van der Waals surface area contributed by atoms with Gasteiger partial charge in [0.05, 0.1) is 12.0 Å². The molecule has 0 spiro atoms. The van der Waals surface area contributed by atoms with Crippen LogP contribution in [-0.4, -0.2) is 40.5 Å². The first kappa shape index (κ1) is 17.5. The van der Waals surface area contributed by atoms with Crippen molar-refractivity contribution in [3.8, 4) is 16.3 Å². The van der Waals surface area contributed by atoms with Crippen LogP contribution in [0.3, 0.4) is 0 Å². The summed E-state index contributed by atoms with van der Waals surface area (Å²) < 4.78 is 6.70. The summed E-state index contributed by atoms with van der Waals surface area (Å²) in [6, 6.07) is 15.7. The Hall–Kier alpha value is -2.87. The molecule has 1 fully saturated rings. The molecule has 0 unspecified atom stereocenters.